The average Bonchev–Trinajstić information content (AvgIpc) is 3.03. The van der Waals surface area contributed by atoms with E-state index in [1.54, 1.807) is 0 Å². The zero-order valence-electron chi connectivity index (χ0n) is 14.7. The van der Waals surface area contributed by atoms with E-state index >= 15 is 0 Å². The van der Waals surface area contributed by atoms with E-state index in [1.807, 2.05) is 9.80 Å². The molecule has 1 saturated carbocycles. The van der Waals surface area contributed by atoms with Crippen LogP contribution in [0.4, 0.5) is 0 Å². The average molecular weight is 397 g/mol. The van der Waals surface area contributed by atoms with Crippen LogP contribution in [0.5, 0.6) is 0 Å². The lowest BCUT2D eigenvalue weighted by Gasteiger charge is -2.39. The van der Waals surface area contributed by atoms with Gasteiger partial charge in [-0.2, -0.15) is 0 Å². The van der Waals surface area contributed by atoms with Gasteiger partial charge in [-0.3, -0.25) is 14.5 Å². The Morgan fingerprint density at radius 2 is 1.44 bits per heavy atom. The normalized spacial score (nSPS) is 23.6. The quantitative estimate of drug-likeness (QED) is 0.731. The van der Waals surface area contributed by atoms with Gasteiger partial charge in [-0.1, -0.05) is 12.8 Å². The minimum absolute atomic E-state index is 0. The third-order valence-corrected chi connectivity index (χ3v) is 5.30. The Morgan fingerprint density at radius 3 is 2.00 bits per heavy atom. The summed E-state index contributed by atoms with van der Waals surface area (Å²) in [5, 5.41) is 0. The van der Waals surface area contributed by atoms with Gasteiger partial charge in [0.25, 0.3) is 0 Å². The number of rotatable bonds is 3. The van der Waals surface area contributed by atoms with Gasteiger partial charge in [-0.15, -0.1) is 24.8 Å². The highest BCUT2D eigenvalue weighted by molar-refractivity contribution is 5.86. The van der Waals surface area contributed by atoms with Crippen LogP contribution in [0.15, 0.2) is 0 Å². The Morgan fingerprint density at radius 1 is 0.880 bits per heavy atom. The SMILES string of the molecule is Cl.Cl.NC1(C(=O)N2CCN(CC(=O)N3CCOCC3)CC2)CCCC1. The van der Waals surface area contributed by atoms with Gasteiger partial charge in [0, 0.05) is 39.3 Å². The fraction of sp³-hybridized carbons (Fsp3) is 0.875. The molecule has 7 nitrogen and oxygen atoms in total. The molecule has 0 unspecified atom stereocenters. The number of carbonyl (C=O) groups excluding carboxylic acids is 2. The van der Waals surface area contributed by atoms with E-state index in [1.165, 1.54) is 0 Å². The van der Waals surface area contributed by atoms with Crippen molar-refractivity contribution in [3.8, 4) is 0 Å². The van der Waals surface area contributed by atoms with Crippen LogP contribution in [0.1, 0.15) is 25.7 Å². The number of piperazine rings is 1. The zero-order chi connectivity index (χ0) is 16.3. The highest BCUT2D eigenvalue weighted by Gasteiger charge is 2.40. The summed E-state index contributed by atoms with van der Waals surface area (Å²) in [4.78, 5) is 30.8. The molecule has 0 atom stereocenters. The smallest absolute Gasteiger partial charge is 0.242 e. The molecule has 0 bridgehead atoms. The maximum Gasteiger partial charge on any atom is 0.242 e. The van der Waals surface area contributed by atoms with Gasteiger partial charge in [-0.25, -0.2) is 0 Å². The summed E-state index contributed by atoms with van der Waals surface area (Å²) in [5.41, 5.74) is 5.64. The van der Waals surface area contributed by atoms with Crippen LogP contribution in [-0.2, 0) is 14.3 Å². The summed E-state index contributed by atoms with van der Waals surface area (Å²) >= 11 is 0. The number of hydrogen-bond acceptors (Lipinski definition) is 5. The second-order valence-electron chi connectivity index (χ2n) is 6.92. The fourth-order valence-corrected chi connectivity index (χ4v) is 3.75. The summed E-state index contributed by atoms with van der Waals surface area (Å²) in [6, 6.07) is 0. The van der Waals surface area contributed by atoms with Gasteiger partial charge in [-0.05, 0) is 12.8 Å². The monoisotopic (exact) mass is 396 g/mol. The lowest BCUT2D eigenvalue weighted by atomic mass is 9.97. The van der Waals surface area contributed by atoms with Crippen molar-refractivity contribution in [1.29, 1.82) is 0 Å². The number of ether oxygens (including phenoxy) is 1. The number of morpholine rings is 1. The first-order valence-corrected chi connectivity index (χ1v) is 8.75. The van der Waals surface area contributed by atoms with Crippen LogP contribution in [-0.4, -0.2) is 91.1 Å². The number of amides is 2. The van der Waals surface area contributed by atoms with Crippen LogP contribution < -0.4 is 5.73 Å². The first-order chi connectivity index (χ1) is 11.1. The van der Waals surface area contributed by atoms with Crippen LogP contribution >= 0.6 is 24.8 Å². The Bertz CT molecular complexity index is 447. The molecule has 2 aliphatic heterocycles. The minimum Gasteiger partial charge on any atom is -0.378 e. The van der Waals surface area contributed by atoms with Crippen molar-refractivity contribution in [2.24, 2.45) is 5.73 Å². The summed E-state index contributed by atoms with van der Waals surface area (Å²) in [5.74, 6) is 0.272. The van der Waals surface area contributed by atoms with Crippen LogP contribution in [0.3, 0.4) is 0 Å². The van der Waals surface area contributed by atoms with Crippen molar-refractivity contribution in [2.75, 3.05) is 59.0 Å². The first-order valence-electron chi connectivity index (χ1n) is 8.75. The van der Waals surface area contributed by atoms with Gasteiger partial charge < -0.3 is 20.3 Å². The Labute approximate surface area is 162 Å². The third-order valence-electron chi connectivity index (χ3n) is 5.30. The lowest BCUT2D eigenvalue weighted by Crippen LogP contribution is -2.59. The molecule has 2 N–H and O–H groups in total. The van der Waals surface area contributed by atoms with E-state index in [-0.39, 0.29) is 36.6 Å². The molecule has 2 saturated heterocycles. The number of carbonyl (C=O) groups is 2. The van der Waals surface area contributed by atoms with Gasteiger partial charge in [0.05, 0.1) is 25.3 Å². The first kappa shape index (κ1) is 22.4. The van der Waals surface area contributed by atoms with Crippen molar-refractivity contribution in [2.45, 2.75) is 31.2 Å². The van der Waals surface area contributed by atoms with Gasteiger partial charge >= 0.3 is 0 Å². The molecule has 25 heavy (non-hydrogen) atoms. The molecule has 0 radical (unpaired) electrons. The Kier molecular flexibility index (Phi) is 8.91. The standard InChI is InChI=1S/C16H28N4O3.2ClH/c17-16(3-1-2-4-16)15(22)20-7-5-18(6-8-20)13-14(21)19-9-11-23-12-10-19;;/h1-13,17H2;2*1H. The molecule has 0 spiro atoms. The predicted octanol–water partition coefficient (Wildman–Crippen LogP) is 0.105. The molecular weight excluding hydrogens is 367 g/mol. The number of nitrogens with two attached hydrogens (primary N) is 1. The van der Waals surface area contributed by atoms with E-state index in [4.69, 9.17) is 10.5 Å². The molecule has 146 valence electrons. The molecule has 0 aromatic carbocycles. The molecule has 2 amide bonds. The summed E-state index contributed by atoms with van der Waals surface area (Å²) in [7, 11) is 0. The van der Waals surface area contributed by atoms with Gasteiger partial charge in [0.1, 0.15) is 0 Å². The van der Waals surface area contributed by atoms with Crippen molar-refractivity contribution in [3.05, 3.63) is 0 Å². The van der Waals surface area contributed by atoms with Crippen LogP contribution in [0.2, 0.25) is 0 Å². The Balaban J connectivity index is 0.00000156. The summed E-state index contributed by atoms with van der Waals surface area (Å²) in [6.07, 6.45) is 3.72. The summed E-state index contributed by atoms with van der Waals surface area (Å²) in [6.45, 7) is 5.92. The predicted molar refractivity (Wildman–Crippen MR) is 100 cm³/mol. The minimum atomic E-state index is -0.633. The van der Waals surface area contributed by atoms with Crippen molar-refractivity contribution in [1.82, 2.24) is 14.7 Å². The molecule has 0 aromatic rings. The third kappa shape index (κ3) is 5.44. The number of hydrogen-bond donors (Lipinski definition) is 1. The molecule has 3 aliphatic rings. The van der Waals surface area contributed by atoms with Gasteiger partial charge in [0.15, 0.2) is 0 Å². The lowest BCUT2D eigenvalue weighted by molar-refractivity contribution is -0.140. The number of halogens is 2. The van der Waals surface area contributed by atoms with Crippen molar-refractivity contribution < 1.29 is 14.3 Å². The maximum atomic E-state index is 12.6. The molecule has 2 heterocycles. The van der Waals surface area contributed by atoms with Crippen LogP contribution in [0, 0.1) is 0 Å². The molecule has 3 fully saturated rings. The molecule has 1 aliphatic carbocycles. The van der Waals surface area contributed by atoms with E-state index in [9.17, 15) is 9.59 Å². The van der Waals surface area contributed by atoms with E-state index in [0.29, 0.717) is 45.9 Å². The fourth-order valence-electron chi connectivity index (χ4n) is 3.75. The number of nitrogens with zero attached hydrogens (tertiary/aromatic N) is 3. The van der Waals surface area contributed by atoms with Crippen molar-refractivity contribution >= 4 is 36.6 Å². The second kappa shape index (κ2) is 9.92. The van der Waals surface area contributed by atoms with E-state index < -0.39 is 5.54 Å². The highest BCUT2D eigenvalue weighted by atomic mass is 35.5. The van der Waals surface area contributed by atoms with Crippen LogP contribution in [0.25, 0.3) is 0 Å². The largest absolute Gasteiger partial charge is 0.378 e. The molecule has 0 aromatic heterocycles. The molecule has 9 heteroatoms. The summed E-state index contributed by atoms with van der Waals surface area (Å²) < 4.78 is 5.27. The molecular formula is C16H30Cl2N4O3. The second-order valence-corrected chi connectivity index (χ2v) is 6.92. The van der Waals surface area contributed by atoms with E-state index in [2.05, 4.69) is 4.90 Å². The topological polar surface area (TPSA) is 79.1 Å². The van der Waals surface area contributed by atoms with Gasteiger partial charge in [0.2, 0.25) is 11.8 Å². The van der Waals surface area contributed by atoms with Crippen molar-refractivity contribution in [3.63, 3.8) is 0 Å². The molecule has 3 rings (SSSR count). The Hall–Kier alpha value is -0.600. The highest BCUT2D eigenvalue weighted by Crippen LogP contribution is 2.29. The maximum absolute atomic E-state index is 12.6. The zero-order valence-corrected chi connectivity index (χ0v) is 16.3. The van der Waals surface area contributed by atoms with E-state index in [0.717, 1.165) is 38.8 Å².